The molecule has 1 radical (unpaired) electrons. The van der Waals surface area contributed by atoms with Crippen LogP contribution in [0.15, 0.2) is 120 Å². The molecule has 0 unspecified atom stereocenters. The smallest absolute Gasteiger partial charge is 0.128 e. The molecule has 4 heteroatoms. The van der Waals surface area contributed by atoms with E-state index in [4.69, 9.17) is 29.1 Å². The standard InChI is InChI=1S/C31H24NO.C28H34N.Ir/c1-18-14-20(3)27(15-19(18)2)28-16-29(32-17-21(28)4)26-11-7-10-24-25-13-12-22-8-5-6-9-23(22)30(25)33-31(24)26;1-17(2)23-13-24(18(3)4)28(25(14-23)19(5)6)26-15-27(29-16-21(26)8)22-11-9-20(7)10-12-22;/h5-10,12-17H,1-4H3;9-11,13-19H,1-8H3;/q2*-1;/i1D3,2D3,3D3,4D3;7D3,8D3;. The van der Waals surface area contributed by atoms with Crippen molar-refractivity contribution in [2.75, 3.05) is 0 Å². The third-order valence-corrected chi connectivity index (χ3v) is 11.3. The Kier molecular flexibility index (Phi) is 8.11. The van der Waals surface area contributed by atoms with E-state index in [2.05, 4.69) is 75.8 Å². The number of aryl methyl sites for hydroxylation is 6. The molecule has 0 fully saturated rings. The summed E-state index contributed by atoms with van der Waals surface area (Å²) in [4.78, 5) is 8.87. The van der Waals surface area contributed by atoms with Gasteiger partial charge in [-0.1, -0.05) is 132 Å². The molecular weight excluding hydrogens is 945 g/mol. The molecular formula is C59H58IrN2O-2. The molecule has 63 heavy (non-hydrogen) atoms. The van der Waals surface area contributed by atoms with Gasteiger partial charge < -0.3 is 14.4 Å². The minimum Gasteiger partial charge on any atom is -0.500 e. The van der Waals surface area contributed by atoms with Crippen LogP contribution in [-0.2, 0) is 20.1 Å². The van der Waals surface area contributed by atoms with Crippen LogP contribution in [0.25, 0.3) is 77.5 Å². The molecule has 3 heterocycles. The second kappa shape index (κ2) is 18.6. The van der Waals surface area contributed by atoms with E-state index >= 15 is 0 Å². The Morgan fingerprint density at radius 1 is 0.540 bits per heavy atom. The molecule has 9 rings (SSSR count). The Balaban J connectivity index is 0.000000239. The first-order valence-corrected chi connectivity index (χ1v) is 20.6. The first-order valence-electron chi connectivity index (χ1n) is 29.6. The number of furan rings is 1. The van der Waals surface area contributed by atoms with Crippen molar-refractivity contribution in [1.29, 1.82) is 0 Å². The molecule has 0 aliphatic rings. The van der Waals surface area contributed by atoms with Crippen LogP contribution in [-0.4, -0.2) is 9.97 Å². The molecule has 0 bridgehead atoms. The number of hydrogen-bond acceptors (Lipinski definition) is 3. The van der Waals surface area contributed by atoms with E-state index in [1.165, 1.54) is 23.9 Å². The van der Waals surface area contributed by atoms with Crippen molar-refractivity contribution in [3.63, 3.8) is 0 Å². The van der Waals surface area contributed by atoms with E-state index in [1.54, 1.807) is 18.2 Å². The first kappa shape index (κ1) is 27.5. The largest absolute Gasteiger partial charge is 0.500 e. The van der Waals surface area contributed by atoms with Crippen LogP contribution >= 0.6 is 0 Å². The summed E-state index contributed by atoms with van der Waals surface area (Å²) >= 11 is 0. The van der Waals surface area contributed by atoms with Crippen molar-refractivity contribution in [3.8, 4) is 44.8 Å². The molecule has 0 spiro atoms. The van der Waals surface area contributed by atoms with E-state index in [-0.39, 0.29) is 65.5 Å². The molecule has 0 saturated heterocycles. The summed E-state index contributed by atoms with van der Waals surface area (Å²) in [5.74, 6) is 0.722. The maximum absolute atomic E-state index is 8.22. The third kappa shape index (κ3) is 8.95. The van der Waals surface area contributed by atoms with E-state index in [0.29, 0.717) is 39.5 Å². The fraction of sp³-hybridized carbons (Fsp3) is 0.254. The van der Waals surface area contributed by atoms with Gasteiger partial charge in [0.2, 0.25) is 0 Å². The van der Waals surface area contributed by atoms with Crippen molar-refractivity contribution < 1.29 is 49.2 Å². The summed E-state index contributed by atoms with van der Waals surface area (Å²) in [5, 5.41) is 3.45. The van der Waals surface area contributed by atoms with Gasteiger partial charge in [-0.2, -0.15) is 0 Å². The fourth-order valence-electron chi connectivity index (χ4n) is 7.96. The summed E-state index contributed by atoms with van der Waals surface area (Å²) in [6.07, 6.45) is 2.53. The van der Waals surface area contributed by atoms with Gasteiger partial charge in [-0.15, -0.1) is 53.6 Å². The molecule has 0 N–H and O–H groups in total. The van der Waals surface area contributed by atoms with Gasteiger partial charge in [0.25, 0.3) is 0 Å². The normalized spacial score (nSPS) is 16.9. The Bertz CT molecular complexity index is 3760. The number of hydrogen-bond donors (Lipinski definition) is 0. The summed E-state index contributed by atoms with van der Waals surface area (Å²) in [7, 11) is 0. The Hall–Kier alpha value is -5.67. The van der Waals surface area contributed by atoms with Gasteiger partial charge in [-0.25, -0.2) is 0 Å². The van der Waals surface area contributed by atoms with E-state index in [0.717, 1.165) is 56.6 Å². The van der Waals surface area contributed by atoms with Gasteiger partial charge in [0, 0.05) is 67.9 Å². The number of rotatable bonds is 7. The SMILES string of the molecule is [2H]C([2H])([2H])c1c[c-]c(-c2cc(-c3c(C(C)C)cc(C(C)C)cc3C(C)C)c(C([2H])([2H])[2H])cn2)cc1.[2H]C([2H])([2H])c1cnc(-c2[c-]ccc3c2oc2c4ccccc4ccc32)cc1-c1cc(C([2H])([2H])[2H])c(C([2H])([2H])[2H])cc1C([2H])([2H])[2H].[Ir]. The third-order valence-electron chi connectivity index (χ3n) is 11.3. The molecule has 3 nitrogen and oxygen atoms in total. The summed E-state index contributed by atoms with van der Waals surface area (Å²) < 4.78 is 151. The van der Waals surface area contributed by atoms with Crippen molar-refractivity contribution in [2.24, 2.45) is 0 Å². The predicted molar refractivity (Wildman–Crippen MR) is 263 cm³/mol. The van der Waals surface area contributed by atoms with Gasteiger partial charge in [-0.3, -0.25) is 0 Å². The van der Waals surface area contributed by atoms with Gasteiger partial charge >= 0.3 is 0 Å². The minimum absolute atomic E-state index is 0. The summed E-state index contributed by atoms with van der Waals surface area (Å²) in [5.41, 5.74) is 5.82. The Labute approximate surface area is 413 Å². The minimum atomic E-state index is -2.95. The first-order chi connectivity index (χ1) is 37.0. The van der Waals surface area contributed by atoms with Crippen LogP contribution < -0.4 is 0 Å². The zero-order valence-corrected chi connectivity index (χ0v) is 38.2. The van der Waals surface area contributed by atoms with Crippen LogP contribution in [0.4, 0.5) is 0 Å². The van der Waals surface area contributed by atoms with Crippen molar-refractivity contribution >= 4 is 32.7 Å². The van der Waals surface area contributed by atoms with Crippen LogP contribution in [0.5, 0.6) is 0 Å². The number of fused-ring (bicyclic) bond motifs is 5. The zero-order chi connectivity index (χ0) is 59.0. The maximum atomic E-state index is 8.22. The van der Waals surface area contributed by atoms with E-state index in [1.807, 2.05) is 48.5 Å². The molecule has 321 valence electrons. The summed E-state index contributed by atoms with van der Waals surface area (Å²) in [6.45, 7) is -3.31. The molecule has 6 aromatic carbocycles. The van der Waals surface area contributed by atoms with E-state index in [9.17, 15) is 0 Å². The summed E-state index contributed by atoms with van der Waals surface area (Å²) in [6, 6.07) is 35.4. The predicted octanol–water partition coefficient (Wildman–Crippen LogP) is 16.7. The quantitative estimate of drug-likeness (QED) is 0.149. The number of aromatic nitrogens is 2. The topological polar surface area (TPSA) is 38.9 Å². The van der Waals surface area contributed by atoms with Crippen molar-refractivity contribution in [3.05, 3.63) is 178 Å². The molecule has 0 aliphatic carbocycles. The van der Waals surface area contributed by atoms with Gasteiger partial charge in [0.1, 0.15) is 5.58 Å². The molecule has 0 saturated carbocycles. The molecule has 0 aliphatic heterocycles. The number of pyridine rings is 2. The van der Waals surface area contributed by atoms with Crippen LogP contribution in [0.1, 0.15) is 134 Å². The Morgan fingerprint density at radius 2 is 1.19 bits per heavy atom. The number of nitrogens with zero attached hydrogens (tertiary/aromatic N) is 2. The zero-order valence-electron chi connectivity index (χ0n) is 53.8. The van der Waals surface area contributed by atoms with Gasteiger partial charge in [0.15, 0.2) is 0 Å². The maximum Gasteiger partial charge on any atom is 0.128 e. The van der Waals surface area contributed by atoms with Crippen LogP contribution in [0.2, 0.25) is 0 Å². The second-order valence-corrected chi connectivity index (χ2v) is 16.6. The van der Waals surface area contributed by atoms with Crippen LogP contribution in [0, 0.1) is 53.2 Å². The molecule has 0 atom stereocenters. The average Bonchev–Trinajstić information content (AvgIpc) is 3.83. The number of benzene rings is 6. The monoisotopic (exact) mass is 1020 g/mol. The van der Waals surface area contributed by atoms with Crippen molar-refractivity contribution in [2.45, 2.75) is 100 Å². The van der Waals surface area contributed by atoms with Crippen molar-refractivity contribution in [1.82, 2.24) is 9.97 Å². The van der Waals surface area contributed by atoms with Crippen LogP contribution in [0.3, 0.4) is 0 Å². The molecule has 9 aromatic rings. The second-order valence-electron chi connectivity index (χ2n) is 16.6. The molecule has 0 amide bonds. The fourth-order valence-corrected chi connectivity index (χ4v) is 7.96. The van der Waals surface area contributed by atoms with Gasteiger partial charge in [0.05, 0.1) is 5.58 Å². The van der Waals surface area contributed by atoms with Gasteiger partial charge in [-0.05, 0) is 136 Å². The Morgan fingerprint density at radius 3 is 1.86 bits per heavy atom. The molecule has 3 aromatic heterocycles. The average molecular weight is 1020 g/mol. The van der Waals surface area contributed by atoms with E-state index < -0.39 is 57.8 Å².